The van der Waals surface area contributed by atoms with Crippen molar-refractivity contribution in [2.45, 2.75) is 18.8 Å². The molecule has 0 saturated carbocycles. The molecule has 1 aliphatic rings. The number of nitrogens with one attached hydrogen (secondary N) is 2. The van der Waals surface area contributed by atoms with Gasteiger partial charge in [-0.15, -0.1) is 11.3 Å². The number of fused-ring (bicyclic) bond motifs is 1. The highest BCUT2D eigenvalue weighted by atomic mass is 32.1. The van der Waals surface area contributed by atoms with Gasteiger partial charge in [0.05, 0.1) is 5.52 Å². The van der Waals surface area contributed by atoms with Gasteiger partial charge in [-0.2, -0.15) is 4.98 Å². The van der Waals surface area contributed by atoms with Crippen LogP contribution >= 0.6 is 11.3 Å². The molecule has 9 heteroatoms. The van der Waals surface area contributed by atoms with Gasteiger partial charge in [0.25, 0.3) is 0 Å². The van der Waals surface area contributed by atoms with Crippen LogP contribution in [0.3, 0.4) is 0 Å². The Morgan fingerprint density at radius 3 is 2.78 bits per heavy atom. The number of halogens is 1. The van der Waals surface area contributed by atoms with E-state index < -0.39 is 0 Å². The molecule has 1 saturated heterocycles. The molecule has 2 aromatic carbocycles. The summed E-state index contributed by atoms with van der Waals surface area (Å²) in [5, 5.41) is 7.74. The van der Waals surface area contributed by atoms with Crippen molar-refractivity contribution in [3.05, 3.63) is 77.9 Å². The fourth-order valence-corrected chi connectivity index (χ4v) is 5.04. The van der Waals surface area contributed by atoms with Gasteiger partial charge in [0.2, 0.25) is 17.7 Å². The monoisotopic (exact) mass is 503 g/mol. The zero-order valence-corrected chi connectivity index (χ0v) is 20.6. The average Bonchev–Trinajstić information content (AvgIpc) is 3.34. The van der Waals surface area contributed by atoms with Crippen LogP contribution in [0.2, 0.25) is 0 Å². The van der Waals surface area contributed by atoms with Gasteiger partial charge in [0.15, 0.2) is 0 Å². The Morgan fingerprint density at radius 2 is 2.00 bits per heavy atom. The lowest BCUT2D eigenvalue weighted by atomic mass is 9.89. The molecule has 1 aliphatic heterocycles. The van der Waals surface area contributed by atoms with Crippen molar-refractivity contribution >= 4 is 44.8 Å². The first-order chi connectivity index (χ1) is 17.5. The van der Waals surface area contributed by atoms with Crippen molar-refractivity contribution < 1.29 is 13.9 Å². The van der Waals surface area contributed by atoms with Crippen molar-refractivity contribution in [3.8, 4) is 11.6 Å². The second-order valence-corrected chi connectivity index (χ2v) is 9.67. The van der Waals surface area contributed by atoms with Crippen molar-refractivity contribution in [3.63, 3.8) is 0 Å². The first-order valence-corrected chi connectivity index (χ1v) is 12.6. The molecule has 1 amide bonds. The van der Waals surface area contributed by atoms with E-state index in [4.69, 9.17) is 4.74 Å². The lowest BCUT2D eigenvalue weighted by molar-refractivity contribution is -0.111. The third-order valence-electron chi connectivity index (χ3n) is 6.19. The van der Waals surface area contributed by atoms with Crippen LogP contribution in [0.4, 0.5) is 21.7 Å². The number of aromatic nitrogens is 2. The van der Waals surface area contributed by atoms with E-state index in [1.807, 2.05) is 23.6 Å². The average molecular weight is 504 g/mol. The number of benzene rings is 2. The Kier molecular flexibility index (Phi) is 6.92. The maximum atomic E-state index is 15.0. The zero-order valence-electron chi connectivity index (χ0n) is 19.8. The summed E-state index contributed by atoms with van der Waals surface area (Å²) in [6, 6.07) is 14.1. The summed E-state index contributed by atoms with van der Waals surface area (Å²) in [5.74, 6) is 0.883. The van der Waals surface area contributed by atoms with E-state index in [9.17, 15) is 4.79 Å². The van der Waals surface area contributed by atoms with Gasteiger partial charge in [-0.1, -0.05) is 18.7 Å². The topological polar surface area (TPSA) is 79.4 Å². The van der Waals surface area contributed by atoms with E-state index in [0.29, 0.717) is 34.5 Å². The first kappa shape index (κ1) is 23.9. The van der Waals surface area contributed by atoms with Crippen LogP contribution < -0.4 is 15.4 Å². The Hall–Kier alpha value is -3.82. The van der Waals surface area contributed by atoms with Gasteiger partial charge in [-0.3, -0.25) is 4.79 Å². The van der Waals surface area contributed by atoms with Gasteiger partial charge in [0.1, 0.15) is 16.3 Å². The second kappa shape index (κ2) is 10.4. The number of piperidine rings is 1. The molecule has 0 atom stereocenters. The van der Waals surface area contributed by atoms with Crippen LogP contribution in [0.25, 0.3) is 10.2 Å². The number of amides is 1. The smallest absolute Gasteiger partial charge is 0.247 e. The molecule has 36 heavy (non-hydrogen) atoms. The Balaban J connectivity index is 1.37. The number of carbonyl (C=O) groups is 1. The molecule has 0 radical (unpaired) electrons. The molecule has 0 bridgehead atoms. The molecule has 0 unspecified atom stereocenters. The maximum Gasteiger partial charge on any atom is 0.247 e. The predicted molar refractivity (Wildman–Crippen MR) is 142 cm³/mol. The van der Waals surface area contributed by atoms with Crippen molar-refractivity contribution in [1.82, 2.24) is 14.9 Å². The minimum Gasteiger partial charge on any atom is -0.437 e. The first-order valence-electron chi connectivity index (χ1n) is 11.7. The number of ether oxygens (including phenoxy) is 1. The number of hydrogen-bond donors (Lipinski definition) is 2. The van der Waals surface area contributed by atoms with Crippen LogP contribution in [0, 0.1) is 5.82 Å². The van der Waals surface area contributed by atoms with E-state index in [1.165, 1.54) is 23.5 Å². The molecule has 2 aromatic heterocycles. The van der Waals surface area contributed by atoms with Crippen molar-refractivity contribution in [1.29, 1.82) is 0 Å². The summed E-state index contributed by atoms with van der Waals surface area (Å²) in [6.45, 7) is 5.42. The SMILES string of the molecule is C=CC(=O)Nc1cccc(Oc2nc(Nc3ccc(C4CCN(C)CC4)c(F)c3)nc3ccsc23)c1. The molecule has 7 nitrogen and oxygen atoms in total. The highest BCUT2D eigenvalue weighted by Crippen LogP contribution is 2.35. The zero-order chi connectivity index (χ0) is 25.1. The molecule has 0 spiro atoms. The van der Waals surface area contributed by atoms with Gasteiger partial charge < -0.3 is 20.3 Å². The van der Waals surface area contributed by atoms with E-state index in [0.717, 1.165) is 36.2 Å². The summed E-state index contributed by atoms with van der Waals surface area (Å²) in [4.78, 5) is 23.0. The highest BCUT2D eigenvalue weighted by molar-refractivity contribution is 7.17. The molecule has 184 valence electrons. The van der Waals surface area contributed by atoms with E-state index in [2.05, 4.69) is 39.1 Å². The van der Waals surface area contributed by atoms with Crippen molar-refractivity contribution in [2.75, 3.05) is 30.8 Å². The fourth-order valence-electron chi connectivity index (χ4n) is 4.29. The quantitative estimate of drug-likeness (QED) is 0.288. The lowest BCUT2D eigenvalue weighted by Crippen LogP contribution is -2.29. The maximum absolute atomic E-state index is 15.0. The number of likely N-dealkylation sites (tertiary alicyclic amines) is 1. The van der Waals surface area contributed by atoms with Crippen LogP contribution in [-0.2, 0) is 4.79 Å². The molecule has 0 aliphatic carbocycles. The normalized spacial score (nSPS) is 14.5. The Morgan fingerprint density at radius 1 is 1.17 bits per heavy atom. The molecular weight excluding hydrogens is 477 g/mol. The molecule has 4 aromatic rings. The molecular formula is C27H26FN5O2S. The van der Waals surface area contributed by atoms with E-state index >= 15 is 4.39 Å². The number of thiophene rings is 1. The van der Waals surface area contributed by atoms with Gasteiger partial charge >= 0.3 is 0 Å². The fraction of sp³-hybridized carbons (Fsp3) is 0.222. The third kappa shape index (κ3) is 5.37. The molecule has 3 heterocycles. The molecule has 1 fully saturated rings. The van der Waals surface area contributed by atoms with Gasteiger partial charge in [0, 0.05) is 17.4 Å². The van der Waals surface area contributed by atoms with Crippen LogP contribution in [0.5, 0.6) is 11.6 Å². The van der Waals surface area contributed by atoms with E-state index in [-0.39, 0.29) is 17.6 Å². The Labute approximate surface area is 212 Å². The third-order valence-corrected chi connectivity index (χ3v) is 7.08. The van der Waals surface area contributed by atoms with Gasteiger partial charge in [-0.05, 0) is 86.2 Å². The minimum atomic E-state index is -0.310. The number of nitrogens with zero attached hydrogens (tertiary/aromatic N) is 3. The van der Waals surface area contributed by atoms with Crippen LogP contribution in [-0.4, -0.2) is 40.9 Å². The number of carbonyl (C=O) groups excluding carboxylic acids is 1. The molecule has 2 N–H and O–H groups in total. The second-order valence-electron chi connectivity index (χ2n) is 8.75. The van der Waals surface area contributed by atoms with Crippen LogP contribution in [0.15, 0.2) is 66.6 Å². The largest absolute Gasteiger partial charge is 0.437 e. The summed E-state index contributed by atoms with van der Waals surface area (Å²) < 4.78 is 21.9. The summed E-state index contributed by atoms with van der Waals surface area (Å²) in [5.41, 5.74) is 2.62. The van der Waals surface area contributed by atoms with Crippen LogP contribution in [0.1, 0.15) is 24.3 Å². The van der Waals surface area contributed by atoms with Gasteiger partial charge in [-0.25, -0.2) is 9.37 Å². The van der Waals surface area contributed by atoms with E-state index in [1.54, 1.807) is 24.3 Å². The minimum absolute atomic E-state index is 0.221. The number of anilines is 3. The van der Waals surface area contributed by atoms with Crippen molar-refractivity contribution in [2.24, 2.45) is 0 Å². The number of hydrogen-bond acceptors (Lipinski definition) is 7. The number of rotatable bonds is 7. The Bertz CT molecular complexity index is 1410. The summed E-state index contributed by atoms with van der Waals surface area (Å²) in [7, 11) is 2.10. The lowest BCUT2D eigenvalue weighted by Gasteiger charge is -2.29. The highest BCUT2D eigenvalue weighted by Gasteiger charge is 2.21. The standard InChI is InChI=1S/C27H26FN5O2S/c1-3-24(34)29-18-5-4-6-20(15-18)35-26-25-23(11-14-36-25)31-27(32-26)30-19-7-8-21(22(28)16-19)17-9-12-33(2)13-10-17/h3-8,11,14-17H,1,9-10,12-13H2,2H3,(H,29,34)(H,30,31,32). The predicted octanol–water partition coefficient (Wildman–Crippen LogP) is 6.30. The molecule has 5 rings (SSSR count). The summed E-state index contributed by atoms with van der Waals surface area (Å²) >= 11 is 1.46. The summed E-state index contributed by atoms with van der Waals surface area (Å²) in [6.07, 6.45) is 3.11.